The number of carbonyl (C=O) groups excluding carboxylic acids is 2. The highest BCUT2D eigenvalue weighted by Gasteiger charge is 2.14. The Morgan fingerprint density at radius 1 is 1.00 bits per heavy atom. The molecule has 2 rings (SSSR count). The Morgan fingerprint density at radius 2 is 1.68 bits per heavy atom. The number of esters is 1. The zero-order chi connectivity index (χ0) is 18.4. The lowest BCUT2D eigenvalue weighted by molar-refractivity contribution is 0.0600. The first-order chi connectivity index (χ1) is 11.9. The molecule has 0 aliphatic heterocycles. The standard InChI is InChI=1S/C19H22N2O4/c1-12(2)25-17-10-7-14(18(22)24-4)11-16(17)21-19(23)20-15-8-5-13(3)6-9-15/h5-12H,1-4H3,(H2,20,21,23). The van der Waals surface area contributed by atoms with E-state index in [1.54, 1.807) is 12.1 Å². The molecule has 25 heavy (non-hydrogen) atoms. The highest BCUT2D eigenvalue weighted by atomic mass is 16.5. The maximum atomic E-state index is 12.3. The molecular weight excluding hydrogens is 320 g/mol. The number of rotatable bonds is 5. The molecule has 0 fully saturated rings. The van der Waals surface area contributed by atoms with E-state index < -0.39 is 12.0 Å². The molecule has 0 saturated heterocycles. The van der Waals surface area contributed by atoms with E-state index in [4.69, 9.17) is 9.47 Å². The number of hydrogen-bond donors (Lipinski definition) is 2. The molecule has 0 atom stereocenters. The Hall–Kier alpha value is -3.02. The molecule has 2 aromatic carbocycles. The number of hydrogen-bond acceptors (Lipinski definition) is 4. The van der Waals surface area contributed by atoms with Gasteiger partial charge in [0, 0.05) is 5.69 Å². The van der Waals surface area contributed by atoms with Crippen LogP contribution in [0.3, 0.4) is 0 Å². The number of urea groups is 1. The zero-order valence-corrected chi connectivity index (χ0v) is 14.8. The lowest BCUT2D eigenvalue weighted by Gasteiger charge is -2.16. The molecule has 2 aromatic rings. The largest absolute Gasteiger partial charge is 0.489 e. The first kappa shape index (κ1) is 18.3. The highest BCUT2D eigenvalue weighted by Crippen LogP contribution is 2.27. The van der Waals surface area contributed by atoms with Crippen molar-refractivity contribution in [3.8, 4) is 5.75 Å². The predicted octanol–water partition coefficient (Wildman–Crippen LogP) is 4.21. The van der Waals surface area contributed by atoms with Gasteiger partial charge in [-0.05, 0) is 51.1 Å². The second kappa shape index (κ2) is 8.19. The van der Waals surface area contributed by atoms with Gasteiger partial charge < -0.3 is 20.1 Å². The van der Waals surface area contributed by atoms with Crippen LogP contribution >= 0.6 is 0 Å². The molecule has 2 amide bonds. The SMILES string of the molecule is COC(=O)c1ccc(OC(C)C)c(NC(=O)Nc2ccc(C)cc2)c1. The molecule has 0 aliphatic rings. The van der Waals surface area contributed by atoms with Gasteiger partial charge in [0.25, 0.3) is 0 Å². The number of amides is 2. The van der Waals surface area contributed by atoms with Gasteiger partial charge >= 0.3 is 12.0 Å². The van der Waals surface area contributed by atoms with E-state index in [1.165, 1.54) is 13.2 Å². The van der Waals surface area contributed by atoms with Crippen molar-refractivity contribution in [2.45, 2.75) is 26.9 Å². The minimum atomic E-state index is -0.488. The Kier molecular flexibility index (Phi) is 6.00. The predicted molar refractivity (Wildman–Crippen MR) is 97.4 cm³/mol. The van der Waals surface area contributed by atoms with Crippen molar-refractivity contribution < 1.29 is 19.1 Å². The molecule has 132 valence electrons. The Bertz CT molecular complexity index is 755. The first-order valence-electron chi connectivity index (χ1n) is 7.92. The molecule has 0 radical (unpaired) electrons. The van der Waals surface area contributed by atoms with Crippen molar-refractivity contribution >= 4 is 23.4 Å². The highest BCUT2D eigenvalue weighted by molar-refractivity contribution is 6.01. The molecule has 6 nitrogen and oxygen atoms in total. The van der Waals surface area contributed by atoms with E-state index in [1.807, 2.05) is 45.0 Å². The van der Waals surface area contributed by atoms with Crippen LogP contribution in [0.25, 0.3) is 0 Å². The van der Waals surface area contributed by atoms with Crippen LogP contribution in [0.5, 0.6) is 5.75 Å². The third-order valence-corrected chi connectivity index (χ3v) is 3.32. The van der Waals surface area contributed by atoms with Crippen molar-refractivity contribution in [3.63, 3.8) is 0 Å². The second-order valence-electron chi connectivity index (χ2n) is 5.81. The van der Waals surface area contributed by atoms with Gasteiger partial charge in [-0.3, -0.25) is 0 Å². The number of methoxy groups -OCH3 is 1. The Morgan fingerprint density at radius 3 is 2.28 bits per heavy atom. The minimum absolute atomic E-state index is 0.0790. The Balaban J connectivity index is 2.20. The summed E-state index contributed by atoms with van der Waals surface area (Å²) in [6.07, 6.45) is -0.0790. The monoisotopic (exact) mass is 342 g/mol. The lowest BCUT2D eigenvalue weighted by atomic mass is 10.2. The number of anilines is 2. The van der Waals surface area contributed by atoms with Crippen molar-refractivity contribution in [1.29, 1.82) is 0 Å². The van der Waals surface area contributed by atoms with Gasteiger partial charge in [0.1, 0.15) is 5.75 Å². The van der Waals surface area contributed by atoms with Gasteiger partial charge in [-0.2, -0.15) is 0 Å². The summed E-state index contributed by atoms with van der Waals surface area (Å²) in [5, 5.41) is 5.45. The van der Waals surface area contributed by atoms with Crippen LogP contribution in [0.4, 0.5) is 16.2 Å². The molecule has 0 heterocycles. The third kappa shape index (κ3) is 5.24. The number of ether oxygens (including phenoxy) is 2. The smallest absolute Gasteiger partial charge is 0.337 e. The summed E-state index contributed by atoms with van der Waals surface area (Å²) in [6, 6.07) is 11.7. The first-order valence-corrected chi connectivity index (χ1v) is 7.92. The van der Waals surface area contributed by atoms with Crippen LogP contribution < -0.4 is 15.4 Å². The number of nitrogens with one attached hydrogen (secondary N) is 2. The average molecular weight is 342 g/mol. The van der Waals surface area contributed by atoms with Gasteiger partial charge in [0.05, 0.1) is 24.5 Å². The van der Waals surface area contributed by atoms with E-state index in [2.05, 4.69) is 10.6 Å². The fourth-order valence-corrected chi connectivity index (χ4v) is 2.15. The average Bonchev–Trinajstić information content (AvgIpc) is 2.57. The van der Waals surface area contributed by atoms with Crippen LogP contribution in [0.15, 0.2) is 42.5 Å². The molecule has 0 aliphatic carbocycles. The summed E-state index contributed by atoms with van der Waals surface area (Å²) in [5.74, 6) is -0.0141. The zero-order valence-electron chi connectivity index (χ0n) is 14.8. The quantitative estimate of drug-likeness (QED) is 0.798. The maximum Gasteiger partial charge on any atom is 0.337 e. The van der Waals surface area contributed by atoms with Crippen LogP contribution in [0.2, 0.25) is 0 Å². The van der Waals surface area contributed by atoms with Crippen LogP contribution in [-0.4, -0.2) is 25.2 Å². The van der Waals surface area contributed by atoms with E-state index in [9.17, 15) is 9.59 Å². The van der Waals surface area contributed by atoms with Gasteiger partial charge in [-0.25, -0.2) is 9.59 Å². The summed E-state index contributed by atoms with van der Waals surface area (Å²) < 4.78 is 10.4. The van der Waals surface area contributed by atoms with Crippen LogP contribution in [0, 0.1) is 6.92 Å². The van der Waals surface area contributed by atoms with Crippen molar-refractivity contribution in [1.82, 2.24) is 0 Å². The normalized spacial score (nSPS) is 10.3. The van der Waals surface area contributed by atoms with Crippen molar-refractivity contribution in [2.75, 3.05) is 17.7 Å². The van der Waals surface area contributed by atoms with E-state index >= 15 is 0 Å². The summed E-state index contributed by atoms with van der Waals surface area (Å²) >= 11 is 0. The molecule has 6 heteroatoms. The number of aryl methyl sites for hydroxylation is 1. The fraction of sp³-hybridized carbons (Fsp3) is 0.263. The van der Waals surface area contributed by atoms with Gasteiger partial charge in [-0.1, -0.05) is 17.7 Å². The summed E-state index contributed by atoms with van der Waals surface area (Å²) in [4.78, 5) is 24.0. The second-order valence-corrected chi connectivity index (χ2v) is 5.81. The van der Waals surface area contributed by atoms with Gasteiger partial charge in [0.15, 0.2) is 0 Å². The van der Waals surface area contributed by atoms with Gasteiger partial charge in [-0.15, -0.1) is 0 Å². The Labute approximate surface area is 147 Å². The number of benzene rings is 2. The molecule has 0 unspecified atom stereocenters. The summed E-state index contributed by atoms with van der Waals surface area (Å²) in [7, 11) is 1.30. The summed E-state index contributed by atoms with van der Waals surface area (Å²) in [6.45, 7) is 5.73. The topological polar surface area (TPSA) is 76.7 Å². The molecule has 0 spiro atoms. The van der Waals surface area contributed by atoms with Crippen molar-refractivity contribution in [3.05, 3.63) is 53.6 Å². The van der Waals surface area contributed by atoms with E-state index in [-0.39, 0.29) is 6.10 Å². The molecule has 0 saturated carbocycles. The van der Waals surface area contributed by atoms with Crippen LogP contribution in [-0.2, 0) is 4.74 Å². The maximum absolute atomic E-state index is 12.3. The van der Waals surface area contributed by atoms with Crippen LogP contribution in [0.1, 0.15) is 29.8 Å². The van der Waals surface area contributed by atoms with E-state index in [0.717, 1.165) is 5.56 Å². The minimum Gasteiger partial charge on any atom is -0.489 e. The third-order valence-electron chi connectivity index (χ3n) is 3.32. The fourth-order valence-electron chi connectivity index (χ4n) is 2.15. The molecule has 2 N–H and O–H groups in total. The molecular formula is C19H22N2O4. The molecule has 0 bridgehead atoms. The van der Waals surface area contributed by atoms with Gasteiger partial charge in [0.2, 0.25) is 0 Å². The molecule has 0 aromatic heterocycles. The number of carbonyl (C=O) groups is 2. The van der Waals surface area contributed by atoms with Crippen molar-refractivity contribution in [2.24, 2.45) is 0 Å². The summed E-state index contributed by atoms with van der Waals surface area (Å²) in [5.41, 5.74) is 2.48. The lowest BCUT2D eigenvalue weighted by Crippen LogP contribution is -2.21. The van der Waals surface area contributed by atoms with E-state index in [0.29, 0.717) is 22.7 Å².